The van der Waals surface area contributed by atoms with Crippen LogP contribution in [-0.2, 0) is 0 Å². The van der Waals surface area contributed by atoms with Gasteiger partial charge in [-0.05, 0) is 62.2 Å². The molecule has 4 unspecified atom stereocenters. The Morgan fingerprint density at radius 3 is 2.40 bits per heavy atom. The molecule has 2 aliphatic carbocycles. The molecular formula is C15H26. The number of rotatable bonds is 1. The fourth-order valence-electron chi connectivity index (χ4n) is 3.24. The third-order valence-electron chi connectivity index (χ3n) is 4.83. The molecule has 0 aromatic heterocycles. The van der Waals surface area contributed by atoms with Gasteiger partial charge in [-0.15, -0.1) is 0 Å². The SMILES string of the molecule is CC1CC=C(C2CCC(C)C(C)C2)CC1. The number of hydrogen-bond acceptors (Lipinski definition) is 0. The second-order valence-corrected chi connectivity index (χ2v) is 6.12. The van der Waals surface area contributed by atoms with Gasteiger partial charge < -0.3 is 0 Å². The van der Waals surface area contributed by atoms with E-state index in [9.17, 15) is 0 Å². The molecule has 0 heterocycles. The molecule has 0 bridgehead atoms. The van der Waals surface area contributed by atoms with Gasteiger partial charge in [-0.1, -0.05) is 32.4 Å². The molecule has 0 amide bonds. The molecule has 4 atom stereocenters. The van der Waals surface area contributed by atoms with Crippen molar-refractivity contribution in [1.29, 1.82) is 0 Å². The highest BCUT2D eigenvalue weighted by Crippen LogP contribution is 2.40. The first-order valence-electron chi connectivity index (χ1n) is 6.85. The van der Waals surface area contributed by atoms with Gasteiger partial charge in [0.05, 0.1) is 0 Å². The summed E-state index contributed by atoms with van der Waals surface area (Å²) in [5, 5.41) is 0. The van der Waals surface area contributed by atoms with E-state index in [-0.39, 0.29) is 0 Å². The Kier molecular flexibility index (Phi) is 3.53. The monoisotopic (exact) mass is 206 g/mol. The summed E-state index contributed by atoms with van der Waals surface area (Å²) in [5.41, 5.74) is 1.81. The molecule has 0 N–H and O–H groups in total. The minimum atomic E-state index is 0.939. The smallest absolute Gasteiger partial charge is 0.0201 e. The molecule has 0 radical (unpaired) electrons. The molecule has 0 spiro atoms. The number of allylic oxidation sites excluding steroid dienone is 2. The van der Waals surface area contributed by atoms with Gasteiger partial charge in [0.2, 0.25) is 0 Å². The molecular weight excluding hydrogens is 180 g/mol. The Bertz CT molecular complexity index is 238. The minimum Gasteiger partial charge on any atom is -0.0848 e. The van der Waals surface area contributed by atoms with Crippen LogP contribution in [0.1, 0.15) is 59.3 Å². The highest BCUT2D eigenvalue weighted by molar-refractivity contribution is 5.11. The van der Waals surface area contributed by atoms with Gasteiger partial charge in [-0.2, -0.15) is 0 Å². The van der Waals surface area contributed by atoms with Crippen molar-refractivity contribution in [2.24, 2.45) is 23.7 Å². The van der Waals surface area contributed by atoms with Gasteiger partial charge in [0.1, 0.15) is 0 Å². The lowest BCUT2D eigenvalue weighted by Gasteiger charge is -2.35. The maximum absolute atomic E-state index is 2.57. The van der Waals surface area contributed by atoms with E-state index < -0.39 is 0 Å². The summed E-state index contributed by atoms with van der Waals surface area (Å²) in [5.74, 6) is 3.80. The predicted molar refractivity (Wildman–Crippen MR) is 66.8 cm³/mol. The molecule has 0 nitrogen and oxygen atoms in total. The standard InChI is InChI=1S/C15H26/c1-11-4-7-14(8-5-11)15-9-6-12(2)13(3)10-15/h7,11-13,15H,4-6,8-10H2,1-3H3. The highest BCUT2D eigenvalue weighted by Gasteiger charge is 2.27. The van der Waals surface area contributed by atoms with Crippen LogP contribution in [0.4, 0.5) is 0 Å². The van der Waals surface area contributed by atoms with E-state index in [1.54, 1.807) is 0 Å². The summed E-state index contributed by atoms with van der Waals surface area (Å²) in [7, 11) is 0. The second kappa shape index (κ2) is 4.72. The summed E-state index contributed by atoms with van der Waals surface area (Å²) >= 11 is 0. The fraction of sp³-hybridized carbons (Fsp3) is 0.867. The van der Waals surface area contributed by atoms with Crippen molar-refractivity contribution >= 4 is 0 Å². The zero-order valence-electron chi connectivity index (χ0n) is 10.6. The topological polar surface area (TPSA) is 0 Å². The third-order valence-corrected chi connectivity index (χ3v) is 4.83. The highest BCUT2D eigenvalue weighted by atomic mass is 14.3. The molecule has 0 aromatic carbocycles. The lowest BCUT2D eigenvalue weighted by molar-refractivity contribution is 0.224. The molecule has 0 aliphatic heterocycles. The van der Waals surface area contributed by atoms with E-state index in [4.69, 9.17) is 0 Å². The second-order valence-electron chi connectivity index (χ2n) is 6.12. The van der Waals surface area contributed by atoms with E-state index >= 15 is 0 Å². The van der Waals surface area contributed by atoms with Gasteiger partial charge in [0.25, 0.3) is 0 Å². The fourth-order valence-corrected chi connectivity index (χ4v) is 3.24. The predicted octanol–water partition coefficient (Wildman–Crippen LogP) is 4.81. The van der Waals surface area contributed by atoms with Crippen LogP contribution in [0.25, 0.3) is 0 Å². The number of hydrogen-bond donors (Lipinski definition) is 0. The van der Waals surface area contributed by atoms with Gasteiger partial charge in [-0.25, -0.2) is 0 Å². The Morgan fingerprint density at radius 2 is 1.80 bits per heavy atom. The summed E-state index contributed by atoms with van der Waals surface area (Å²) < 4.78 is 0. The first-order valence-corrected chi connectivity index (χ1v) is 6.85. The maximum atomic E-state index is 2.57. The van der Waals surface area contributed by atoms with E-state index in [2.05, 4.69) is 26.8 Å². The normalized spacial score (nSPS) is 42.5. The molecule has 2 rings (SSSR count). The van der Waals surface area contributed by atoms with Gasteiger partial charge >= 0.3 is 0 Å². The summed E-state index contributed by atoms with van der Waals surface area (Å²) in [4.78, 5) is 0. The van der Waals surface area contributed by atoms with E-state index in [1.165, 1.54) is 38.5 Å². The van der Waals surface area contributed by atoms with Crippen molar-refractivity contribution < 1.29 is 0 Å². The van der Waals surface area contributed by atoms with Crippen LogP contribution >= 0.6 is 0 Å². The van der Waals surface area contributed by atoms with Crippen LogP contribution in [0.5, 0.6) is 0 Å². The van der Waals surface area contributed by atoms with Crippen LogP contribution in [0, 0.1) is 23.7 Å². The van der Waals surface area contributed by atoms with Crippen LogP contribution in [-0.4, -0.2) is 0 Å². The minimum absolute atomic E-state index is 0.939. The zero-order valence-corrected chi connectivity index (χ0v) is 10.6. The summed E-state index contributed by atoms with van der Waals surface area (Å²) in [6.45, 7) is 7.26. The Labute approximate surface area is 95.1 Å². The first kappa shape index (κ1) is 11.2. The maximum Gasteiger partial charge on any atom is -0.0201 e. The average molecular weight is 206 g/mol. The molecule has 15 heavy (non-hydrogen) atoms. The summed E-state index contributed by atoms with van der Waals surface area (Å²) in [6, 6.07) is 0. The first-order chi connectivity index (χ1) is 7.16. The van der Waals surface area contributed by atoms with Crippen LogP contribution in [0.3, 0.4) is 0 Å². The van der Waals surface area contributed by atoms with Crippen molar-refractivity contribution in [2.45, 2.75) is 59.3 Å². The molecule has 0 saturated heterocycles. The van der Waals surface area contributed by atoms with Crippen LogP contribution in [0.2, 0.25) is 0 Å². The van der Waals surface area contributed by atoms with Crippen LogP contribution in [0.15, 0.2) is 11.6 Å². The van der Waals surface area contributed by atoms with Gasteiger partial charge in [0.15, 0.2) is 0 Å². The van der Waals surface area contributed by atoms with E-state index in [0.717, 1.165) is 23.7 Å². The zero-order chi connectivity index (χ0) is 10.8. The lowest BCUT2D eigenvalue weighted by Crippen LogP contribution is -2.23. The lowest BCUT2D eigenvalue weighted by atomic mass is 9.71. The largest absolute Gasteiger partial charge is 0.0848 e. The average Bonchev–Trinajstić information content (AvgIpc) is 2.23. The van der Waals surface area contributed by atoms with Crippen molar-refractivity contribution in [1.82, 2.24) is 0 Å². The van der Waals surface area contributed by atoms with Crippen molar-refractivity contribution in [2.75, 3.05) is 0 Å². The van der Waals surface area contributed by atoms with Gasteiger partial charge in [-0.3, -0.25) is 0 Å². The Hall–Kier alpha value is -0.260. The van der Waals surface area contributed by atoms with E-state index in [0.29, 0.717) is 0 Å². The molecule has 0 aromatic rings. The molecule has 86 valence electrons. The van der Waals surface area contributed by atoms with Crippen molar-refractivity contribution in [3.63, 3.8) is 0 Å². The van der Waals surface area contributed by atoms with Crippen molar-refractivity contribution in [3.05, 3.63) is 11.6 Å². The Morgan fingerprint density at radius 1 is 1.00 bits per heavy atom. The van der Waals surface area contributed by atoms with E-state index in [1.807, 2.05) is 5.57 Å². The molecule has 1 fully saturated rings. The van der Waals surface area contributed by atoms with Crippen molar-refractivity contribution in [3.8, 4) is 0 Å². The van der Waals surface area contributed by atoms with Crippen LogP contribution < -0.4 is 0 Å². The third kappa shape index (κ3) is 2.65. The Balaban J connectivity index is 1.94. The molecule has 0 heteroatoms. The van der Waals surface area contributed by atoms with Gasteiger partial charge in [0, 0.05) is 0 Å². The molecule has 1 saturated carbocycles. The summed E-state index contributed by atoms with van der Waals surface area (Å²) in [6.07, 6.45) is 11.1. The quantitative estimate of drug-likeness (QED) is 0.540. The molecule has 2 aliphatic rings.